The van der Waals surface area contributed by atoms with Crippen LogP contribution in [-0.4, -0.2) is 9.55 Å². The van der Waals surface area contributed by atoms with Crippen molar-refractivity contribution in [3.63, 3.8) is 0 Å². The summed E-state index contributed by atoms with van der Waals surface area (Å²) in [5.41, 5.74) is 1.23. The Morgan fingerprint density at radius 3 is 2.43 bits per heavy atom. The lowest BCUT2D eigenvalue weighted by atomic mass is 10.2. The van der Waals surface area contributed by atoms with Gasteiger partial charge in [0.2, 0.25) is 0 Å². The first-order valence-corrected chi connectivity index (χ1v) is 7.26. The van der Waals surface area contributed by atoms with Crippen molar-refractivity contribution in [2.75, 3.05) is 0 Å². The van der Waals surface area contributed by atoms with Gasteiger partial charge in [-0.15, -0.1) is 0 Å². The molecule has 0 aliphatic carbocycles. The summed E-state index contributed by atoms with van der Waals surface area (Å²) in [6.45, 7) is 0.406. The number of halogens is 3. The van der Waals surface area contributed by atoms with Crippen molar-refractivity contribution >= 4 is 45.7 Å². The van der Waals surface area contributed by atoms with Gasteiger partial charge in [0.25, 0.3) is 5.56 Å². The van der Waals surface area contributed by atoms with Crippen molar-refractivity contribution in [2.45, 2.75) is 6.54 Å². The predicted octanol–water partition coefficient (Wildman–Crippen LogP) is 4.41. The summed E-state index contributed by atoms with van der Waals surface area (Å²) in [6, 6.07) is 10.4. The molecule has 1 aromatic heterocycles. The van der Waals surface area contributed by atoms with Gasteiger partial charge in [0.1, 0.15) is 0 Å². The summed E-state index contributed by atoms with van der Waals surface area (Å²) < 4.78 is 1.51. The van der Waals surface area contributed by atoms with Crippen LogP contribution in [0.2, 0.25) is 15.1 Å². The zero-order valence-corrected chi connectivity index (χ0v) is 13.0. The van der Waals surface area contributed by atoms with Gasteiger partial charge in [-0.3, -0.25) is 9.36 Å². The molecule has 0 saturated heterocycles. The van der Waals surface area contributed by atoms with E-state index < -0.39 is 0 Å². The highest BCUT2D eigenvalue weighted by atomic mass is 35.5. The standard InChI is InChI=1S/C15H9Cl3N2O/c16-10-3-1-9(2-4-10)7-20-8-19-14-12(15(20)21)5-11(17)6-13(14)18/h1-6,8H,7H2. The molecule has 0 aliphatic heterocycles. The van der Waals surface area contributed by atoms with Gasteiger partial charge in [0.15, 0.2) is 0 Å². The molecule has 0 aliphatic rings. The zero-order chi connectivity index (χ0) is 15.0. The molecule has 6 heteroatoms. The molecular weight excluding hydrogens is 331 g/mol. The molecule has 0 spiro atoms. The second-order valence-corrected chi connectivity index (χ2v) is 5.87. The molecule has 2 aromatic carbocycles. The second-order valence-electron chi connectivity index (χ2n) is 4.59. The Bertz CT molecular complexity index is 872. The van der Waals surface area contributed by atoms with Crippen molar-refractivity contribution in [1.29, 1.82) is 0 Å². The average Bonchev–Trinajstić information content (AvgIpc) is 2.45. The summed E-state index contributed by atoms with van der Waals surface area (Å²) in [5.74, 6) is 0. The maximum atomic E-state index is 12.5. The van der Waals surface area contributed by atoms with Crippen molar-refractivity contribution in [3.8, 4) is 0 Å². The first-order valence-electron chi connectivity index (χ1n) is 6.13. The van der Waals surface area contributed by atoms with Crippen molar-refractivity contribution in [3.05, 3.63) is 73.7 Å². The fourth-order valence-corrected chi connectivity index (χ4v) is 2.76. The van der Waals surface area contributed by atoms with Crippen LogP contribution in [0.3, 0.4) is 0 Å². The van der Waals surface area contributed by atoms with Crippen LogP contribution in [0.1, 0.15) is 5.56 Å². The SMILES string of the molecule is O=c1c2cc(Cl)cc(Cl)c2ncn1Cc1ccc(Cl)cc1. The molecule has 3 rings (SSSR count). The lowest BCUT2D eigenvalue weighted by molar-refractivity contribution is 0.748. The van der Waals surface area contributed by atoms with Gasteiger partial charge in [-0.2, -0.15) is 0 Å². The number of hydrogen-bond acceptors (Lipinski definition) is 2. The van der Waals surface area contributed by atoms with Crippen LogP contribution in [0.15, 0.2) is 47.5 Å². The fourth-order valence-electron chi connectivity index (χ4n) is 2.09. The van der Waals surface area contributed by atoms with E-state index in [1.165, 1.54) is 10.9 Å². The van der Waals surface area contributed by atoms with Crippen molar-refractivity contribution in [2.24, 2.45) is 0 Å². The Morgan fingerprint density at radius 1 is 1.00 bits per heavy atom. The summed E-state index contributed by atoms with van der Waals surface area (Å²) in [7, 11) is 0. The van der Waals surface area contributed by atoms with Gasteiger partial charge in [-0.1, -0.05) is 46.9 Å². The van der Waals surface area contributed by atoms with Crippen LogP contribution in [0.25, 0.3) is 10.9 Å². The maximum Gasteiger partial charge on any atom is 0.261 e. The average molecular weight is 340 g/mol. The quantitative estimate of drug-likeness (QED) is 0.693. The van der Waals surface area contributed by atoms with E-state index in [0.717, 1.165) is 5.56 Å². The van der Waals surface area contributed by atoms with Gasteiger partial charge >= 0.3 is 0 Å². The van der Waals surface area contributed by atoms with Crippen molar-refractivity contribution < 1.29 is 0 Å². The highest BCUT2D eigenvalue weighted by Gasteiger charge is 2.09. The molecule has 0 N–H and O–H groups in total. The predicted molar refractivity (Wildman–Crippen MR) is 86.6 cm³/mol. The molecular formula is C15H9Cl3N2O. The Labute approximate surface area is 135 Å². The number of nitrogens with zero attached hydrogens (tertiary/aromatic N) is 2. The largest absolute Gasteiger partial charge is 0.294 e. The highest BCUT2D eigenvalue weighted by Crippen LogP contribution is 2.24. The monoisotopic (exact) mass is 338 g/mol. The minimum Gasteiger partial charge on any atom is -0.294 e. The van der Waals surface area contributed by atoms with Crippen molar-refractivity contribution in [1.82, 2.24) is 9.55 Å². The summed E-state index contributed by atoms with van der Waals surface area (Å²) in [4.78, 5) is 16.7. The van der Waals surface area contributed by atoms with Crippen LogP contribution in [0, 0.1) is 0 Å². The van der Waals surface area contributed by atoms with Crippen LogP contribution in [-0.2, 0) is 6.54 Å². The van der Waals surface area contributed by atoms with Crippen LogP contribution in [0.5, 0.6) is 0 Å². The van der Waals surface area contributed by atoms with E-state index in [1.54, 1.807) is 24.3 Å². The number of hydrogen-bond donors (Lipinski definition) is 0. The highest BCUT2D eigenvalue weighted by molar-refractivity contribution is 6.38. The van der Waals surface area contributed by atoms with E-state index in [0.29, 0.717) is 32.5 Å². The van der Waals surface area contributed by atoms with Gasteiger partial charge in [0.05, 0.1) is 28.8 Å². The van der Waals surface area contributed by atoms with Crippen LogP contribution < -0.4 is 5.56 Å². The Morgan fingerprint density at radius 2 is 1.71 bits per heavy atom. The number of aromatic nitrogens is 2. The molecule has 3 aromatic rings. The lowest BCUT2D eigenvalue weighted by Crippen LogP contribution is -2.21. The molecule has 0 unspecified atom stereocenters. The van der Waals surface area contributed by atoms with Gasteiger partial charge in [-0.05, 0) is 29.8 Å². The molecule has 0 radical (unpaired) electrons. The number of fused-ring (bicyclic) bond motifs is 1. The summed E-state index contributed by atoms with van der Waals surface area (Å²) >= 11 is 17.9. The lowest BCUT2D eigenvalue weighted by Gasteiger charge is -2.08. The minimum absolute atomic E-state index is 0.181. The summed E-state index contributed by atoms with van der Waals surface area (Å²) in [5, 5.41) is 1.84. The molecule has 106 valence electrons. The molecule has 0 fully saturated rings. The molecule has 0 atom stereocenters. The first-order chi connectivity index (χ1) is 10.0. The Balaban J connectivity index is 2.10. The molecule has 1 heterocycles. The van der Waals surface area contributed by atoms with Gasteiger partial charge in [-0.25, -0.2) is 4.98 Å². The van der Waals surface area contributed by atoms with E-state index >= 15 is 0 Å². The fraction of sp³-hybridized carbons (Fsp3) is 0.0667. The summed E-state index contributed by atoms with van der Waals surface area (Å²) in [6.07, 6.45) is 1.49. The van der Waals surface area contributed by atoms with Crippen LogP contribution in [0.4, 0.5) is 0 Å². The zero-order valence-electron chi connectivity index (χ0n) is 10.7. The van der Waals surface area contributed by atoms with E-state index in [2.05, 4.69) is 4.98 Å². The smallest absolute Gasteiger partial charge is 0.261 e. The number of benzene rings is 2. The topological polar surface area (TPSA) is 34.9 Å². The van der Waals surface area contributed by atoms with E-state index in [4.69, 9.17) is 34.8 Å². The van der Waals surface area contributed by atoms with Gasteiger partial charge in [0, 0.05) is 10.0 Å². The third-order valence-corrected chi connectivity index (χ3v) is 3.87. The van der Waals surface area contributed by atoms with E-state index in [1.807, 2.05) is 12.1 Å². The van der Waals surface area contributed by atoms with E-state index in [9.17, 15) is 4.79 Å². The number of rotatable bonds is 2. The first kappa shape index (κ1) is 14.4. The second kappa shape index (κ2) is 5.68. The molecule has 21 heavy (non-hydrogen) atoms. The maximum absolute atomic E-state index is 12.5. The Kier molecular flexibility index (Phi) is 3.89. The third kappa shape index (κ3) is 2.91. The molecule has 3 nitrogen and oxygen atoms in total. The minimum atomic E-state index is -0.181. The van der Waals surface area contributed by atoms with Crippen LogP contribution >= 0.6 is 34.8 Å². The normalized spacial score (nSPS) is 11.0. The third-order valence-electron chi connectivity index (χ3n) is 3.11. The van der Waals surface area contributed by atoms with Gasteiger partial charge < -0.3 is 0 Å². The molecule has 0 saturated carbocycles. The van der Waals surface area contributed by atoms with E-state index in [-0.39, 0.29) is 5.56 Å². The molecule has 0 bridgehead atoms. The Hall–Kier alpha value is -1.55. The molecule has 0 amide bonds.